The van der Waals surface area contributed by atoms with Crippen LogP contribution in [-0.2, 0) is 9.53 Å². The van der Waals surface area contributed by atoms with E-state index in [1.165, 1.54) is 23.9 Å². The topological polar surface area (TPSA) is 38.8 Å². The van der Waals surface area contributed by atoms with Crippen molar-refractivity contribution in [3.8, 4) is 5.75 Å². The highest BCUT2D eigenvalue weighted by Crippen LogP contribution is 2.45. The average molecular weight is 494 g/mol. The summed E-state index contributed by atoms with van der Waals surface area (Å²) in [6.45, 7) is 4.72. The van der Waals surface area contributed by atoms with Gasteiger partial charge in [-0.2, -0.15) is 4.39 Å². The van der Waals surface area contributed by atoms with Crippen LogP contribution in [0.2, 0.25) is 0 Å². The van der Waals surface area contributed by atoms with Crippen LogP contribution in [0.5, 0.6) is 5.75 Å². The maximum Gasteiger partial charge on any atom is 0.370 e. The molecule has 0 saturated heterocycles. The third kappa shape index (κ3) is 6.67. The fourth-order valence-corrected chi connectivity index (χ4v) is 5.35. The lowest BCUT2D eigenvalue weighted by Gasteiger charge is -2.28. The largest absolute Gasteiger partial charge is 0.461 e. The number of ether oxygens (including phenoxy) is 2. The Kier molecular flexibility index (Phi) is 9.50. The van der Waals surface area contributed by atoms with Crippen molar-refractivity contribution in [3.63, 3.8) is 0 Å². The lowest BCUT2D eigenvalue weighted by molar-refractivity contribution is -0.140. The Hall–Kier alpha value is -2.19. The van der Waals surface area contributed by atoms with E-state index in [1.807, 2.05) is 18.4 Å². The van der Waals surface area contributed by atoms with E-state index in [2.05, 4.69) is 16.6 Å². The first kappa shape index (κ1) is 25.4. The van der Waals surface area contributed by atoms with E-state index in [0.717, 1.165) is 59.0 Å². The fourth-order valence-electron chi connectivity index (χ4n) is 3.62. The van der Waals surface area contributed by atoms with Crippen LogP contribution in [0.4, 0.5) is 20.2 Å². The number of rotatable bonds is 9. The highest BCUT2D eigenvalue weighted by molar-refractivity contribution is 7.99. The van der Waals surface area contributed by atoms with Gasteiger partial charge in [-0.1, -0.05) is 19.8 Å². The normalized spacial score (nSPS) is 16.2. The summed E-state index contributed by atoms with van der Waals surface area (Å²) in [7, 11) is 0. The summed E-state index contributed by atoms with van der Waals surface area (Å²) in [5.41, 5.74) is 1.94. The molecule has 0 unspecified atom stereocenters. The molecule has 0 amide bonds. The SMILES string of the molecule is CCCC[C@@H]1CSc2cc(O/C=C(\F)C(=O)OCC)c(SC)cc2N(c2ccc(F)cc2)C1. The van der Waals surface area contributed by atoms with E-state index in [1.54, 1.807) is 30.8 Å². The number of hydrogen-bond acceptors (Lipinski definition) is 6. The minimum absolute atomic E-state index is 0.0874. The molecule has 0 N–H and O–H groups in total. The molecule has 1 aliphatic rings. The van der Waals surface area contributed by atoms with Crippen LogP contribution in [0.3, 0.4) is 0 Å². The Morgan fingerprint density at radius 2 is 2.03 bits per heavy atom. The molecule has 0 fully saturated rings. The number of benzene rings is 2. The highest BCUT2D eigenvalue weighted by Gasteiger charge is 2.25. The van der Waals surface area contributed by atoms with Gasteiger partial charge in [-0.05, 0) is 61.9 Å². The van der Waals surface area contributed by atoms with Crippen molar-refractivity contribution < 1.29 is 23.0 Å². The predicted molar refractivity (Wildman–Crippen MR) is 132 cm³/mol. The van der Waals surface area contributed by atoms with E-state index < -0.39 is 11.8 Å². The zero-order valence-corrected chi connectivity index (χ0v) is 20.7. The molecule has 1 aliphatic heterocycles. The standard InChI is InChI=1S/C25H29F2NO3S2/c1-4-6-7-17-14-28(19-10-8-18(26)9-11-19)21-12-24(32-3)22(13-23(21)33-16-17)31-15-20(27)25(29)30-5-2/h8-13,15,17H,4-7,14,16H2,1-3H3/b20-15-/t17-/m0/s1. The molecular weight excluding hydrogens is 464 g/mol. The monoisotopic (exact) mass is 493 g/mol. The van der Waals surface area contributed by atoms with Crippen molar-refractivity contribution in [2.75, 3.05) is 30.1 Å². The van der Waals surface area contributed by atoms with Gasteiger partial charge in [-0.25, -0.2) is 9.18 Å². The summed E-state index contributed by atoms with van der Waals surface area (Å²) in [6.07, 6.45) is 6.11. The Morgan fingerprint density at radius 3 is 2.70 bits per heavy atom. The summed E-state index contributed by atoms with van der Waals surface area (Å²) in [6, 6.07) is 10.5. The molecule has 33 heavy (non-hydrogen) atoms. The molecule has 8 heteroatoms. The van der Waals surface area contributed by atoms with Crippen LogP contribution in [0.1, 0.15) is 33.1 Å². The van der Waals surface area contributed by atoms with Crippen molar-refractivity contribution in [1.29, 1.82) is 0 Å². The molecule has 178 valence electrons. The van der Waals surface area contributed by atoms with E-state index in [0.29, 0.717) is 11.7 Å². The molecule has 4 nitrogen and oxygen atoms in total. The fraction of sp³-hybridized carbons (Fsp3) is 0.400. The lowest BCUT2D eigenvalue weighted by Crippen LogP contribution is -2.25. The Balaban J connectivity index is 1.97. The first-order chi connectivity index (χ1) is 16.0. The number of unbranched alkanes of at least 4 members (excludes halogenated alkanes) is 1. The van der Waals surface area contributed by atoms with Gasteiger partial charge in [0.05, 0.1) is 17.2 Å². The number of carbonyl (C=O) groups excluding carboxylic acids is 1. The maximum absolute atomic E-state index is 14.0. The van der Waals surface area contributed by atoms with Gasteiger partial charge < -0.3 is 14.4 Å². The second kappa shape index (κ2) is 12.3. The molecule has 0 aromatic heterocycles. The van der Waals surface area contributed by atoms with E-state index in [9.17, 15) is 13.6 Å². The predicted octanol–water partition coefficient (Wildman–Crippen LogP) is 7.35. The maximum atomic E-state index is 14.0. The van der Waals surface area contributed by atoms with Gasteiger partial charge in [-0.15, -0.1) is 23.5 Å². The number of halogens is 2. The lowest BCUT2D eigenvalue weighted by atomic mass is 10.0. The number of hydrogen-bond donors (Lipinski definition) is 0. The molecule has 0 spiro atoms. The van der Waals surface area contributed by atoms with Gasteiger partial charge in [0.15, 0.2) is 0 Å². The van der Waals surface area contributed by atoms with Gasteiger partial charge in [-0.3, -0.25) is 0 Å². The molecule has 1 atom stereocenters. The third-order valence-electron chi connectivity index (χ3n) is 5.32. The molecule has 3 rings (SSSR count). The van der Waals surface area contributed by atoms with Crippen LogP contribution in [0.25, 0.3) is 0 Å². The summed E-state index contributed by atoms with van der Waals surface area (Å²) in [5.74, 6) is -0.521. The third-order valence-corrected chi connectivity index (χ3v) is 7.35. The smallest absolute Gasteiger partial charge is 0.370 e. The van der Waals surface area contributed by atoms with E-state index in [-0.39, 0.29) is 12.4 Å². The average Bonchev–Trinajstić information content (AvgIpc) is 3.00. The van der Waals surface area contributed by atoms with Gasteiger partial charge in [0.1, 0.15) is 17.8 Å². The van der Waals surface area contributed by atoms with Crippen LogP contribution < -0.4 is 9.64 Å². The van der Waals surface area contributed by atoms with Crippen molar-refractivity contribution >= 4 is 40.9 Å². The van der Waals surface area contributed by atoms with Gasteiger partial charge in [0.25, 0.3) is 0 Å². The van der Waals surface area contributed by atoms with Crippen LogP contribution in [-0.4, -0.2) is 31.1 Å². The van der Waals surface area contributed by atoms with Crippen LogP contribution in [0.15, 0.2) is 58.3 Å². The van der Waals surface area contributed by atoms with Gasteiger partial charge in [0, 0.05) is 22.9 Å². The second-order valence-electron chi connectivity index (χ2n) is 7.68. The minimum atomic E-state index is -1.08. The molecular formula is C25H29F2NO3S2. The number of thioether (sulfide) groups is 2. The zero-order chi connectivity index (χ0) is 23.8. The zero-order valence-electron chi connectivity index (χ0n) is 19.1. The molecule has 0 radical (unpaired) electrons. The molecule has 0 aliphatic carbocycles. The number of carbonyl (C=O) groups is 1. The number of nitrogens with zero attached hydrogens (tertiary/aromatic N) is 1. The molecule has 0 bridgehead atoms. The van der Waals surface area contributed by atoms with Crippen LogP contribution >= 0.6 is 23.5 Å². The minimum Gasteiger partial charge on any atom is -0.461 e. The molecule has 2 aromatic rings. The quantitative estimate of drug-likeness (QED) is 0.157. The second-order valence-corrected chi connectivity index (χ2v) is 9.59. The first-order valence-corrected chi connectivity index (χ1v) is 13.2. The van der Waals surface area contributed by atoms with Gasteiger partial charge in [0.2, 0.25) is 5.83 Å². The Bertz CT molecular complexity index is 982. The van der Waals surface area contributed by atoms with Gasteiger partial charge >= 0.3 is 5.97 Å². The molecule has 0 saturated carbocycles. The number of anilines is 2. The number of esters is 1. The molecule has 2 aromatic carbocycles. The highest BCUT2D eigenvalue weighted by atomic mass is 32.2. The Labute approximate surface area is 202 Å². The Morgan fingerprint density at radius 1 is 1.27 bits per heavy atom. The van der Waals surface area contributed by atoms with Crippen molar-refractivity contribution in [2.45, 2.75) is 42.9 Å². The van der Waals surface area contributed by atoms with Crippen LogP contribution in [0, 0.1) is 11.7 Å². The summed E-state index contributed by atoms with van der Waals surface area (Å²) >= 11 is 3.21. The summed E-state index contributed by atoms with van der Waals surface area (Å²) in [5, 5.41) is 0. The summed E-state index contributed by atoms with van der Waals surface area (Å²) < 4.78 is 37.8. The number of fused-ring (bicyclic) bond motifs is 1. The van der Waals surface area contributed by atoms with E-state index in [4.69, 9.17) is 4.74 Å². The molecule has 1 heterocycles. The first-order valence-electron chi connectivity index (χ1n) is 11.0. The van der Waals surface area contributed by atoms with Crippen molar-refractivity contribution in [1.82, 2.24) is 0 Å². The van der Waals surface area contributed by atoms with E-state index >= 15 is 0 Å². The van der Waals surface area contributed by atoms with Crippen molar-refractivity contribution in [2.24, 2.45) is 5.92 Å². The summed E-state index contributed by atoms with van der Waals surface area (Å²) in [4.78, 5) is 15.6. The van der Waals surface area contributed by atoms with Crippen molar-refractivity contribution in [3.05, 3.63) is 54.3 Å².